The molecule has 0 bridgehead atoms. The minimum absolute atomic E-state index is 0.0969. The van der Waals surface area contributed by atoms with Gasteiger partial charge in [0.2, 0.25) is 11.8 Å². The number of amides is 2. The Labute approximate surface area is 112 Å². The van der Waals surface area contributed by atoms with E-state index in [0.717, 1.165) is 11.1 Å². The topological polar surface area (TPSA) is 57.6 Å². The van der Waals surface area contributed by atoms with Gasteiger partial charge in [0.25, 0.3) is 0 Å². The number of piperidine rings is 1. The highest BCUT2D eigenvalue weighted by atomic mass is 16.2. The average molecular weight is 257 g/mol. The fourth-order valence-electron chi connectivity index (χ4n) is 1.99. The van der Waals surface area contributed by atoms with Crippen molar-refractivity contribution >= 4 is 11.8 Å². The van der Waals surface area contributed by atoms with Gasteiger partial charge >= 0.3 is 0 Å². The minimum Gasteiger partial charge on any atom is -0.384 e. The van der Waals surface area contributed by atoms with Crippen molar-refractivity contribution in [1.82, 2.24) is 4.90 Å². The Bertz CT molecular complexity index is 521. The molecular formula is C15H15NO3. The number of hydrogen-bond acceptors (Lipinski definition) is 3. The molecular weight excluding hydrogens is 242 g/mol. The summed E-state index contributed by atoms with van der Waals surface area (Å²) in [5.41, 5.74) is 1.70. The molecule has 1 fully saturated rings. The van der Waals surface area contributed by atoms with E-state index in [9.17, 15) is 9.59 Å². The Kier molecular flexibility index (Phi) is 4.32. The Morgan fingerprint density at radius 3 is 2.32 bits per heavy atom. The van der Waals surface area contributed by atoms with E-state index >= 15 is 0 Å². The first-order valence-electron chi connectivity index (χ1n) is 6.22. The summed E-state index contributed by atoms with van der Waals surface area (Å²) in [5.74, 6) is 5.17. The largest absolute Gasteiger partial charge is 0.384 e. The second-order valence-corrected chi connectivity index (χ2v) is 4.38. The van der Waals surface area contributed by atoms with Gasteiger partial charge in [0, 0.05) is 18.4 Å². The van der Waals surface area contributed by atoms with E-state index < -0.39 is 0 Å². The van der Waals surface area contributed by atoms with Crippen LogP contribution in [0.4, 0.5) is 0 Å². The van der Waals surface area contributed by atoms with E-state index in [1.165, 1.54) is 4.90 Å². The fourth-order valence-corrected chi connectivity index (χ4v) is 1.99. The van der Waals surface area contributed by atoms with E-state index in [4.69, 9.17) is 5.11 Å². The van der Waals surface area contributed by atoms with Gasteiger partial charge in [-0.2, -0.15) is 0 Å². The molecule has 4 nitrogen and oxygen atoms in total. The van der Waals surface area contributed by atoms with Crippen molar-refractivity contribution in [2.24, 2.45) is 0 Å². The van der Waals surface area contributed by atoms with Crippen molar-refractivity contribution in [2.45, 2.75) is 25.8 Å². The molecule has 0 unspecified atom stereocenters. The van der Waals surface area contributed by atoms with Crippen LogP contribution in [0.5, 0.6) is 0 Å². The first-order valence-corrected chi connectivity index (χ1v) is 6.22. The molecule has 2 amide bonds. The second-order valence-electron chi connectivity index (χ2n) is 4.38. The number of nitrogens with zero attached hydrogens (tertiary/aromatic N) is 1. The van der Waals surface area contributed by atoms with Crippen molar-refractivity contribution in [3.05, 3.63) is 35.4 Å². The first kappa shape index (κ1) is 13.3. The van der Waals surface area contributed by atoms with Gasteiger partial charge in [0.1, 0.15) is 6.61 Å². The number of rotatable bonds is 2. The van der Waals surface area contributed by atoms with Crippen molar-refractivity contribution < 1.29 is 14.7 Å². The zero-order valence-electron chi connectivity index (χ0n) is 10.6. The predicted molar refractivity (Wildman–Crippen MR) is 69.8 cm³/mol. The molecule has 2 rings (SSSR count). The highest BCUT2D eigenvalue weighted by Gasteiger charge is 2.25. The number of carbonyl (C=O) groups excluding carboxylic acids is 2. The van der Waals surface area contributed by atoms with Crippen molar-refractivity contribution in [1.29, 1.82) is 0 Å². The first-order chi connectivity index (χ1) is 9.20. The van der Waals surface area contributed by atoms with Gasteiger partial charge in [0.05, 0.1) is 6.54 Å². The van der Waals surface area contributed by atoms with Crippen LogP contribution in [0.15, 0.2) is 24.3 Å². The molecule has 0 aromatic heterocycles. The van der Waals surface area contributed by atoms with Gasteiger partial charge in [-0.25, -0.2) is 0 Å². The van der Waals surface area contributed by atoms with Gasteiger partial charge in [-0.3, -0.25) is 14.5 Å². The molecule has 1 saturated heterocycles. The second kappa shape index (κ2) is 6.17. The zero-order valence-corrected chi connectivity index (χ0v) is 10.6. The smallest absolute Gasteiger partial charge is 0.229 e. The maximum absolute atomic E-state index is 11.7. The van der Waals surface area contributed by atoms with Crippen molar-refractivity contribution in [3.8, 4) is 11.8 Å². The standard InChI is InChI=1S/C15H15NO3/c17-10-2-3-12-6-8-13(9-7-12)11-16-14(18)4-1-5-15(16)19/h6-9,17H,1,4-5,10-11H2. The van der Waals surface area contributed by atoms with E-state index in [1.807, 2.05) is 24.3 Å². The number of aliphatic hydroxyl groups is 1. The monoisotopic (exact) mass is 257 g/mol. The Balaban J connectivity index is 2.06. The van der Waals surface area contributed by atoms with Crippen LogP contribution in [0.1, 0.15) is 30.4 Å². The maximum atomic E-state index is 11.7. The SMILES string of the molecule is O=C1CCCC(=O)N1Cc1ccc(C#CCO)cc1. The third-order valence-corrected chi connectivity index (χ3v) is 2.99. The minimum atomic E-state index is -0.168. The lowest BCUT2D eigenvalue weighted by molar-refractivity contribution is -0.148. The number of likely N-dealkylation sites (tertiary alicyclic amines) is 1. The number of carbonyl (C=O) groups is 2. The third kappa shape index (κ3) is 3.43. The number of aliphatic hydroxyl groups excluding tert-OH is 1. The Hall–Kier alpha value is -2.12. The summed E-state index contributed by atoms with van der Waals surface area (Å²) in [4.78, 5) is 24.7. The van der Waals surface area contributed by atoms with Crippen LogP contribution >= 0.6 is 0 Å². The highest BCUT2D eigenvalue weighted by Crippen LogP contribution is 2.16. The molecule has 0 saturated carbocycles. The molecule has 1 N–H and O–H groups in total. The summed E-state index contributed by atoms with van der Waals surface area (Å²) in [7, 11) is 0. The summed E-state index contributed by atoms with van der Waals surface area (Å²) >= 11 is 0. The van der Waals surface area contributed by atoms with Gasteiger partial charge < -0.3 is 5.11 Å². The summed E-state index contributed by atoms with van der Waals surface area (Å²) in [5, 5.41) is 8.60. The molecule has 19 heavy (non-hydrogen) atoms. The molecule has 1 aliphatic heterocycles. The normalized spacial score (nSPS) is 15.1. The van der Waals surface area contributed by atoms with E-state index in [0.29, 0.717) is 25.8 Å². The Morgan fingerprint density at radius 1 is 1.11 bits per heavy atom. The van der Waals surface area contributed by atoms with Crippen LogP contribution < -0.4 is 0 Å². The fraction of sp³-hybridized carbons (Fsp3) is 0.333. The maximum Gasteiger partial charge on any atom is 0.229 e. The lowest BCUT2D eigenvalue weighted by atomic mass is 10.1. The molecule has 98 valence electrons. The lowest BCUT2D eigenvalue weighted by Gasteiger charge is -2.24. The molecule has 0 spiro atoms. The third-order valence-electron chi connectivity index (χ3n) is 2.99. The molecule has 1 aromatic rings. The molecule has 1 aromatic carbocycles. The quantitative estimate of drug-likeness (QED) is 0.637. The van der Waals surface area contributed by atoms with Crippen LogP contribution in [0.2, 0.25) is 0 Å². The molecule has 1 aliphatic rings. The molecule has 0 aliphatic carbocycles. The van der Waals surface area contributed by atoms with Crippen LogP contribution in [-0.4, -0.2) is 28.4 Å². The van der Waals surface area contributed by atoms with Gasteiger partial charge in [-0.1, -0.05) is 24.0 Å². The number of hydrogen-bond donors (Lipinski definition) is 1. The summed E-state index contributed by atoms with van der Waals surface area (Å²) < 4.78 is 0. The summed E-state index contributed by atoms with van der Waals surface area (Å²) in [6, 6.07) is 7.32. The molecule has 0 atom stereocenters. The van der Waals surface area contributed by atoms with Crippen LogP contribution in [0.25, 0.3) is 0 Å². The molecule has 1 heterocycles. The van der Waals surface area contributed by atoms with Crippen LogP contribution in [0, 0.1) is 11.8 Å². The number of imide groups is 1. The van der Waals surface area contributed by atoms with E-state index in [-0.39, 0.29) is 18.4 Å². The molecule has 4 heteroatoms. The average Bonchev–Trinajstić information content (AvgIpc) is 2.42. The van der Waals surface area contributed by atoms with E-state index in [1.54, 1.807) is 0 Å². The predicted octanol–water partition coefficient (Wildman–Crippen LogP) is 1.07. The van der Waals surface area contributed by atoms with Crippen LogP contribution in [0.3, 0.4) is 0 Å². The zero-order chi connectivity index (χ0) is 13.7. The summed E-state index contributed by atoms with van der Waals surface area (Å²) in [6.07, 6.45) is 1.56. The van der Waals surface area contributed by atoms with Gasteiger partial charge in [0.15, 0.2) is 0 Å². The van der Waals surface area contributed by atoms with Gasteiger partial charge in [-0.15, -0.1) is 0 Å². The lowest BCUT2D eigenvalue weighted by Crippen LogP contribution is -2.39. The highest BCUT2D eigenvalue weighted by molar-refractivity contribution is 5.97. The van der Waals surface area contributed by atoms with Crippen LogP contribution in [-0.2, 0) is 16.1 Å². The Morgan fingerprint density at radius 2 is 1.74 bits per heavy atom. The summed E-state index contributed by atoms with van der Waals surface area (Å²) in [6.45, 7) is 0.157. The van der Waals surface area contributed by atoms with E-state index in [2.05, 4.69) is 11.8 Å². The molecule has 0 radical (unpaired) electrons. The van der Waals surface area contributed by atoms with Crippen molar-refractivity contribution in [3.63, 3.8) is 0 Å². The van der Waals surface area contributed by atoms with Crippen molar-refractivity contribution in [2.75, 3.05) is 6.61 Å². The van der Waals surface area contributed by atoms with Gasteiger partial charge in [-0.05, 0) is 24.1 Å². The number of benzene rings is 1.